The summed E-state index contributed by atoms with van der Waals surface area (Å²) < 4.78 is 10.4. The lowest BCUT2D eigenvalue weighted by molar-refractivity contribution is 0.355. The summed E-state index contributed by atoms with van der Waals surface area (Å²) >= 11 is 0. The molecule has 0 atom stereocenters. The molecular formula is C14H16N2O2. The van der Waals surface area contributed by atoms with Gasteiger partial charge in [-0.1, -0.05) is 0 Å². The molecule has 0 heterocycles. The van der Waals surface area contributed by atoms with Gasteiger partial charge in [-0.15, -0.1) is 0 Å². The lowest BCUT2D eigenvalue weighted by Gasteiger charge is -2.11. The molecule has 94 valence electrons. The van der Waals surface area contributed by atoms with Crippen LogP contribution >= 0.6 is 0 Å². The molecule has 0 bridgehead atoms. The first kappa shape index (κ1) is 12.1. The van der Waals surface area contributed by atoms with Crippen LogP contribution in [0.1, 0.15) is 0 Å². The highest BCUT2D eigenvalue weighted by Gasteiger charge is 2.04. The van der Waals surface area contributed by atoms with Crippen LogP contribution in [0.5, 0.6) is 11.5 Å². The zero-order valence-electron chi connectivity index (χ0n) is 10.4. The lowest BCUT2D eigenvalue weighted by Crippen LogP contribution is -1.94. The molecular weight excluding hydrogens is 228 g/mol. The quantitative estimate of drug-likeness (QED) is 0.812. The maximum absolute atomic E-state index is 5.64. The van der Waals surface area contributed by atoms with Gasteiger partial charge in [0, 0.05) is 23.1 Å². The summed E-state index contributed by atoms with van der Waals surface area (Å²) in [4.78, 5) is 0. The van der Waals surface area contributed by atoms with Crippen LogP contribution in [-0.4, -0.2) is 14.2 Å². The predicted octanol–water partition coefficient (Wildman–Crippen LogP) is 3.03. The Hall–Kier alpha value is -2.36. The van der Waals surface area contributed by atoms with E-state index in [1.54, 1.807) is 14.2 Å². The first-order chi connectivity index (χ1) is 8.72. The third kappa shape index (κ3) is 2.66. The van der Waals surface area contributed by atoms with Gasteiger partial charge in [0.2, 0.25) is 0 Å². The van der Waals surface area contributed by atoms with Crippen molar-refractivity contribution in [3.05, 3.63) is 42.5 Å². The molecule has 0 aliphatic carbocycles. The zero-order chi connectivity index (χ0) is 13.0. The summed E-state index contributed by atoms with van der Waals surface area (Å²) in [6.45, 7) is 0. The third-order valence-corrected chi connectivity index (χ3v) is 2.58. The molecule has 0 unspecified atom stereocenters. The van der Waals surface area contributed by atoms with E-state index in [0.29, 0.717) is 11.5 Å². The fourth-order valence-corrected chi connectivity index (χ4v) is 1.65. The number of ether oxygens (including phenoxy) is 2. The van der Waals surface area contributed by atoms with Gasteiger partial charge in [0.25, 0.3) is 0 Å². The van der Waals surface area contributed by atoms with Gasteiger partial charge in [-0.2, -0.15) is 0 Å². The van der Waals surface area contributed by atoms with Gasteiger partial charge in [-0.05, 0) is 36.4 Å². The number of anilines is 3. The molecule has 2 aromatic carbocycles. The number of benzene rings is 2. The average Bonchev–Trinajstić information content (AvgIpc) is 2.41. The molecule has 2 aromatic rings. The van der Waals surface area contributed by atoms with E-state index in [9.17, 15) is 0 Å². The standard InChI is InChI=1S/C14H16N2O2/c1-17-13-8-7-12(9-14(13)18-2)16-11-5-3-10(15)4-6-11/h3-9,16H,15H2,1-2H3. The maximum Gasteiger partial charge on any atom is 0.162 e. The van der Waals surface area contributed by atoms with Crippen LogP contribution < -0.4 is 20.5 Å². The van der Waals surface area contributed by atoms with E-state index in [4.69, 9.17) is 15.2 Å². The van der Waals surface area contributed by atoms with Gasteiger partial charge in [-0.3, -0.25) is 0 Å². The van der Waals surface area contributed by atoms with Crippen molar-refractivity contribution in [1.82, 2.24) is 0 Å². The summed E-state index contributed by atoms with van der Waals surface area (Å²) in [6.07, 6.45) is 0. The molecule has 0 aliphatic rings. The minimum absolute atomic E-state index is 0.693. The summed E-state index contributed by atoms with van der Waals surface area (Å²) in [7, 11) is 3.23. The molecule has 0 radical (unpaired) electrons. The van der Waals surface area contributed by atoms with Crippen LogP contribution in [0.3, 0.4) is 0 Å². The van der Waals surface area contributed by atoms with Crippen molar-refractivity contribution in [2.24, 2.45) is 0 Å². The van der Waals surface area contributed by atoms with Crippen LogP contribution in [-0.2, 0) is 0 Å². The predicted molar refractivity (Wildman–Crippen MR) is 73.7 cm³/mol. The molecule has 4 nitrogen and oxygen atoms in total. The van der Waals surface area contributed by atoms with E-state index in [1.807, 2.05) is 42.5 Å². The van der Waals surface area contributed by atoms with Crippen LogP contribution in [0, 0.1) is 0 Å². The van der Waals surface area contributed by atoms with E-state index in [0.717, 1.165) is 17.1 Å². The smallest absolute Gasteiger partial charge is 0.162 e. The summed E-state index contributed by atoms with van der Waals surface area (Å²) in [6, 6.07) is 13.2. The third-order valence-electron chi connectivity index (χ3n) is 2.58. The van der Waals surface area contributed by atoms with Crippen molar-refractivity contribution in [2.75, 3.05) is 25.3 Å². The Balaban J connectivity index is 2.21. The summed E-state index contributed by atoms with van der Waals surface area (Å²) in [5.41, 5.74) is 8.28. The van der Waals surface area contributed by atoms with Crippen molar-refractivity contribution in [3.8, 4) is 11.5 Å². The van der Waals surface area contributed by atoms with Gasteiger partial charge in [0.15, 0.2) is 11.5 Å². The molecule has 0 fully saturated rings. The minimum atomic E-state index is 0.693. The Morgan fingerprint density at radius 3 is 2.06 bits per heavy atom. The van der Waals surface area contributed by atoms with Crippen molar-refractivity contribution < 1.29 is 9.47 Å². The second-order valence-electron chi connectivity index (χ2n) is 3.82. The lowest BCUT2D eigenvalue weighted by atomic mass is 10.2. The number of nitrogens with one attached hydrogen (secondary N) is 1. The molecule has 2 rings (SSSR count). The van der Waals surface area contributed by atoms with Crippen LogP contribution in [0.4, 0.5) is 17.1 Å². The van der Waals surface area contributed by atoms with Crippen LogP contribution in [0.15, 0.2) is 42.5 Å². The van der Waals surface area contributed by atoms with E-state index in [1.165, 1.54) is 0 Å². The molecule has 18 heavy (non-hydrogen) atoms. The van der Waals surface area contributed by atoms with E-state index in [2.05, 4.69) is 5.32 Å². The molecule has 0 amide bonds. The molecule has 0 saturated carbocycles. The highest BCUT2D eigenvalue weighted by Crippen LogP contribution is 2.31. The number of nitrogen functional groups attached to an aromatic ring is 1. The highest BCUT2D eigenvalue weighted by molar-refractivity contribution is 5.64. The Labute approximate surface area is 106 Å². The Morgan fingerprint density at radius 2 is 1.44 bits per heavy atom. The zero-order valence-corrected chi connectivity index (χ0v) is 10.4. The second-order valence-corrected chi connectivity index (χ2v) is 3.82. The minimum Gasteiger partial charge on any atom is -0.493 e. The topological polar surface area (TPSA) is 56.5 Å². The Kier molecular flexibility index (Phi) is 3.57. The van der Waals surface area contributed by atoms with E-state index < -0.39 is 0 Å². The maximum atomic E-state index is 5.64. The summed E-state index contributed by atoms with van der Waals surface area (Å²) in [5, 5.41) is 3.27. The SMILES string of the molecule is COc1ccc(Nc2ccc(N)cc2)cc1OC. The number of hydrogen-bond acceptors (Lipinski definition) is 4. The fraction of sp³-hybridized carbons (Fsp3) is 0.143. The van der Waals surface area contributed by atoms with Gasteiger partial charge in [0.05, 0.1) is 14.2 Å². The van der Waals surface area contributed by atoms with Crippen molar-refractivity contribution >= 4 is 17.1 Å². The molecule has 3 N–H and O–H groups in total. The molecule has 0 aromatic heterocycles. The van der Waals surface area contributed by atoms with E-state index in [-0.39, 0.29) is 0 Å². The number of methoxy groups -OCH3 is 2. The number of hydrogen-bond donors (Lipinski definition) is 2. The number of nitrogens with two attached hydrogens (primary N) is 1. The molecule has 0 spiro atoms. The largest absolute Gasteiger partial charge is 0.493 e. The fourth-order valence-electron chi connectivity index (χ4n) is 1.65. The van der Waals surface area contributed by atoms with Crippen LogP contribution in [0.2, 0.25) is 0 Å². The van der Waals surface area contributed by atoms with Crippen LogP contribution in [0.25, 0.3) is 0 Å². The highest BCUT2D eigenvalue weighted by atomic mass is 16.5. The summed E-state index contributed by atoms with van der Waals surface area (Å²) in [5.74, 6) is 1.40. The van der Waals surface area contributed by atoms with Crippen molar-refractivity contribution in [1.29, 1.82) is 0 Å². The Bertz CT molecular complexity index is 524. The molecule has 4 heteroatoms. The molecule has 0 aliphatic heterocycles. The first-order valence-electron chi connectivity index (χ1n) is 5.57. The Morgan fingerprint density at radius 1 is 0.833 bits per heavy atom. The van der Waals surface area contributed by atoms with Crippen molar-refractivity contribution in [2.45, 2.75) is 0 Å². The van der Waals surface area contributed by atoms with E-state index >= 15 is 0 Å². The first-order valence-corrected chi connectivity index (χ1v) is 5.57. The normalized spacial score (nSPS) is 9.89. The van der Waals surface area contributed by atoms with Gasteiger partial charge < -0.3 is 20.5 Å². The monoisotopic (exact) mass is 244 g/mol. The average molecular weight is 244 g/mol. The number of rotatable bonds is 4. The molecule has 0 saturated heterocycles. The van der Waals surface area contributed by atoms with Gasteiger partial charge in [0.1, 0.15) is 0 Å². The van der Waals surface area contributed by atoms with Gasteiger partial charge in [-0.25, -0.2) is 0 Å². The van der Waals surface area contributed by atoms with Crippen molar-refractivity contribution in [3.63, 3.8) is 0 Å². The van der Waals surface area contributed by atoms with Gasteiger partial charge >= 0.3 is 0 Å². The second kappa shape index (κ2) is 5.31.